The Morgan fingerprint density at radius 1 is 0.812 bits per heavy atom. The van der Waals surface area contributed by atoms with Crippen LogP contribution in [0.3, 0.4) is 0 Å². The Balaban J connectivity index is 1.35. The van der Waals surface area contributed by atoms with E-state index in [4.69, 9.17) is 18.9 Å². The molecule has 4 rings (SSSR count). The molecule has 0 saturated carbocycles. The number of methoxy groups -OCH3 is 2. The summed E-state index contributed by atoms with van der Waals surface area (Å²) in [4.78, 5) is 2.49. The minimum Gasteiger partial charge on any atom is -0.494 e. The van der Waals surface area contributed by atoms with Crippen LogP contribution in [0.1, 0.15) is 23.6 Å². The zero-order valence-corrected chi connectivity index (χ0v) is 19.1. The van der Waals surface area contributed by atoms with Crippen molar-refractivity contribution in [3.63, 3.8) is 0 Å². The number of fused-ring (bicyclic) bond motifs is 1. The molecule has 168 valence electrons. The fraction of sp³-hybridized carbons (Fsp3) is 0.333. The zero-order valence-electron chi connectivity index (χ0n) is 19.1. The highest BCUT2D eigenvalue weighted by molar-refractivity contribution is 5.48. The number of benzene rings is 3. The maximum absolute atomic E-state index is 6.04. The average molecular weight is 434 g/mol. The number of hydrogen-bond donors (Lipinski definition) is 0. The van der Waals surface area contributed by atoms with E-state index in [2.05, 4.69) is 35.2 Å². The van der Waals surface area contributed by atoms with Gasteiger partial charge in [0.15, 0.2) is 11.5 Å². The van der Waals surface area contributed by atoms with Gasteiger partial charge in [0.25, 0.3) is 0 Å². The monoisotopic (exact) mass is 433 g/mol. The molecule has 0 fully saturated rings. The van der Waals surface area contributed by atoms with Crippen LogP contribution in [0.2, 0.25) is 0 Å². The molecule has 0 radical (unpaired) electrons. The molecule has 32 heavy (non-hydrogen) atoms. The van der Waals surface area contributed by atoms with E-state index in [1.54, 1.807) is 14.2 Å². The molecule has 0 amide bonds. The third-order valence-corrected chi connectivity index (χ3v) is 5.78. The van der Waals surface area contributed by atoms with Gasteiger partial charge < -0.3 is 18.9 Å². The van der Waals surface area contributed by atoms with Gasteiger partial charge in [0.1, 0.15) is 17.2 Å². The molecule has 0 bridgehead atoms. The van der Waals surface area contributed by atoms with Crippen molar-refractivity contribution < 1.29 is 18.9 Å². The van der Waals surface area contributed by atoms with Crippen molar-refractivity contribution in [2.75, 3.05) is 33.9 Å². The SMILES string of the molecule is CCOc1ccc(Oc2cccc(CCN3CCc4cc(OC)c(OC)cc4C3)c2)cc1. The van der Waals surface area contributed by atoms with Crippen LogP contribution in [0.5, 0.6) is 28.7 Å². The van der Waals surface area contributed by atoms with Crippen molar-refractivity contribution in [3.05, 3.63) is 77.4 Å². The molecule has 0 saturated heterocycles. The summed E-state index contributed by atoms with van der Waals surface area (Å²) in [5.41, 5.74) is 3.94. The first-order chi connectivity index (χ1) is 15.7. The quantitative estimate of drug-likeness (QED) is 0.446. The van der Waals surface area contributed by atoms with Crippen LogP contribution >= 0.6 is 0 Å². The van der Waals surface area contributed by atoms with Crippen LogP contribution in [0.15, 0.2) is 60.7 Å². The second kappa shape index (κ2) is 10.4. The first-order valence-electron chi connectivity index (χ1n) is 11.1. The Bertz CT molecular complexity index is 1030. The predicted molar refractivity (Wildman–Crippen MR) is 126 cm³/mol. The summed E-state index contributed by atoms with van der Waals surface area (Å²) in [6.07, 6.45) is 2.00. The average Bonchev–Trinajstić information content (AvgIpc) is 2.83. The lowest BCUT2D eigenvalue weighted by atomic mass is 9.98. The van der Waals surface area contributed by atoms with Crippen molar-refractivity contribution in [2.24, 2.45) is 0 Å². The van der Waals surface area contributed by atoms with Gasteiger partial charge in [-0.15, -0.1) is 0 Å². The topological polar surface area (TPSA) is 40.2 Å². The zero-order chi connectivity index (χ0) is 22.3. The highest BCUT2D eigenvalue weighted by Crippen LogP contribution is 2.33. The van der Waals surface area contributed by atoms with E-state index in [-0.39, 0.29) is 0 Å². The number of hydrogen-bond acceptors (Lipinski definition) is 5. The first-order valence-corrected chi connectivity index (χ1v) is 11.1. The number of ether oxygens (including phenoxy) is 4. The fourth-order valence-corrected chi connectivity index (χ4v) is 4.09. The summed E-state index contributed by atoms with van der Waals surface area (Å²) in [7, 11) is 3.38. The third kappa shape index (κ3) is 5.35. The molecule has 0 spiro atoms. The van der Waals surface area contributed by atoms with Crippen LogP contribution in [0, 0.1) is 0 Å². The molecule has 0 N–H and O–H groups in total. The molecular weight excluding hydrogens is 402 g/mol. The minimum absolute atomic E-state index is 0.659. The Morgan fingerprint density at radius 3 is 2.25 bits per heavy atom. The van der Waals surface area contributed by atoms with Crippen molar-refractivity contribution in [1.82, 2.24) is 4.90 Å². The van der Waals surface area contributed by atoms with Crippen molar-refractivity contribution in [1.29, 1.82) is 0 Å². The standard InChI is InChI=1S/C27H31NO4/c1-4-31-23-8-10-24(11-9-23)32-25-7-5-6-20(16-25)12-14-28-15-13-21-17-26(29-2)27(30-3)18-22(21)19-28/h5-11,16-18H,4,12-15,19H2,1-3H3. The molecule has 1 aliphatic heterocycles. The second-order valence-corrected chi connectivity index (χ2v) is 7.91. The van der Waals surface area contributed by atoms with E-state index >= 15 is 0 Å². The molecule has 1 aliphatic rings. The molecule has 0 unspecified atom stereocenters. The van der Waals surface area contributed by atoms with Crippen molar-refractivity contribution in [2.45, 2.75) is 26.3 Å². The molecule has 5 heteroatoms. The summed E-state index contributed by atoms with van der Waals surface area (Å²) in [6.45, 7) is 5.61. The van der Waals surface area contributed by atoms with E-state index in [0.29, 0.717) is 6.61 Å². The Labute approximate surface area is 190 Å². The van der Waals surface area contributed by atoms with Crippen molar-refractivity contribution in [3.8, 4) is 28.7 Å². The molecule has 0 aromatic heterocycles. The van der Waals surface area contributed by atoms with Gasteiger partial charge in [-0.3, -0.25) is 4.90 Å². The van der Waals surface area contributed by atoms with Gasteiger partial charge >= 0.3 is 0 Å². The summed E-state index contributed by atoms with van der Waals surface area (Å²) >= 11 is 0. The normalized spacial score (nSPS) is 13.3. The molecule has 3 aromatic carbocycles. The maximum Gasteiger partial charge on any atom is 0.161 e. The summed E-state index contributed by atoms with van der Waals surface area (Å²) in [6, 6.07) is 20.3. The lowest BCUT2D eigenvalue weighted by Gasteiger charge is -2.29. The highest BCUT2D eigenvalue weighted by atomic mass is 16.5. The first kappa shape index (κ1) is 22.0. The summed E-state index contributed by atoms with van der Waals surface area (Å²) in [5, 5.41) is 0. The molecule has 5 nitrogen and oxygen atoms in total. The van der Waals surface area contributed by atoms with Gasteiger partial charge in [-0.05, 0) is 85.0 Å². The van der Waals surface area contributed by atoms with E-state index in [1.807, 2.05) is 37.3 Å². The molecule has 3 aromatic rings. The van der Waals surface area contributed by atoms with Gasteiger partial charge in [-0.2, -0.15) is 0 Å². The van der Waals surface area contributed by atoms with Gasteiger partial charge in [0.2, 0.25) is 0 Å². The van der Waals surface area contributed by atoms with Crippen molar-refractivity contribution >= 4 is 0 Å². The number of nitrogens with zero attached hydrogens (tertiary/aromatic N) is 1. The van der Waals surface area contributed by atoms with Crippen LogP contribution in [0.4, 0.5) is 0 Å². The van der Waals surface area contributed by atoms with E-state index < -0.39 is 0 Å². The Morgan fingerprint density at radius 2 is 1.53 bits per heavy atom. The van der Waals surface area contributed by atoms with Crippen LogP contribution in [-0.4, -0.2) is 38.8 Å². The number of rotatable bonds is 9. The maximum atomic E-state index is 6.04. The summed E-state index contributed by atoms with van der Waals surface area (Å²) in [5.74, 6) is 4.12. The minimum atomic E-state index is 0.659. The van der Waals surface area contributed by atoms with E-state index in [1.165, 1.54) is 16.7 Å². The van der Waals surface area contributed by atoms with Gasteiger partial charge in [-0.1, -0.05) is 12.1 Å². The Hall–Kier alpha value is -3.18. The molecular formula is C27H31NO4. The largest absolute Gasteiger partial charge is 0.494 e. The van der Waals surface area contributed by atoms with Crippen LogP contribution in [-0.2, 0) is 19.4 Å². The van der Waals surface area contributed by atoms with Gasteiger partial charge in [0, 0.05) is 19.6 Å². The third-order valence-electron chi connectivity index (χ3n) is 5.78. The van der Waals surface area contributed by atoms with E-state index in [9.17, 15) is 0 Å². The smallest absolute Gasteiger partial charge is 0.161 e. The fourth-order valence-electron chi connectivity index (χ4n) is 4.09. The highest BCUT2D eigenvalue weighted by Gasteiger charge is 2.19. The lowest BCUT2D eigenvalue weighted by molar-refractivity contribution is 0.255. The van der Waals surface area contributed by atoms with Gasteiger partial charge in [0.05, 0.1) is 20.8 Å². The van der Waals surface area contributed by atoms with Gasteiger partial charge in [-0.25, -0.2) is 0 Å². The molecule has 1 heterocycles. The Kier molecular flexibility index (Phi) is 7.17. The van der Waals surface area contributed by atoms with E-state index in [0.717, 1.165) is 61.2 Å². The predicted octanol–water partition coefficient (Wildman–Crippen LogP) is 5.50. The van der Waals surface area contributed by atoms with Crippen LogP contribution < -0.4 is 18.9 Å². The van der Waals surface area contributed by atoms with Crippen LogP contribution in [0.25, 0.3) is 0 Å². The summed E-state index contributed by atoms with van der Waals surface area (Å²) < 4.78 is 22.5. The second-order valence-electron chi connectivity index (χ2n) is 7.91. The molecule has 0 aliphatic carbocycles. The molecule has 0 atom stereocenters. The lowest BCUT2D eigenvalue weighted by Crippen LogP contribution is -2.32.